The predicted octanol–water partition coefficient (Wildman–Crippen LogP) is 2.89. The average Bonchev–Trinajstić information content (AvgIpc) is 2.33. The van der Waals surface area contributed by atoms with Crippen molar-refractivity contribution < 1.29 is 4.43 Å². The van der Waals surface area contributed by atoms with Gasteiger partial charge in [0.1, 0.15) is 0 Å². The highest BCUT2D eigenvalue weighted by molar-refractivity contribution is 6.74. The molecule has 0 aromatic rings. The Morgan fingerprint density at radius 2 is 1.79 bits per heavy atom. The van der Waals surface area contributed by atoms with Gasteiger partial charge in [0, 0.05) is 6.04 Å². The molecule has 0 aromatic heterocycles. The third-order valence-corrected chi connectivity index (χ3v) is 8.26. The van der Waals surface area contributed by atoms with Crippen LogP contribution in [0.2, 0.25) is 18.1 Å². The van der Waals surface area contributed by atoms with Crippen molar-refractivity contribution in [3.63, 3.8) is 0 Å². The minimum Gasteiger partial charge on any atom is -0.412 e. The first-order valence-electron chi connectivity index (χ1n) is 5.67. The van der Waals surface area contributed by atoms with Crippen molar-refractivity contribution in [2.75, 3.05) is 0 Å². The molecule has 84 valence electrons. The summed E-state index contributed by atoms with van der Waals surface area (Å²) in [4.78, 5) is 0. The van der Waals surface area contributed by atoms with E-state index in [4.69, 9.17) is 10.2 Å². The molecule has 1 aliphatic rings. The van der Waals surface area contributed by atoms with Crippen LogP contribution < -0.4 is 5.73 Å². The molecule has 0 bridgehead atoms. The topological polar surface area (TPSA) is 35.2 Å². The minimum atomic E-state index is -1.59. The van der Waals surface area contributed by atoms with E-state index in [1.807, 2.05) is 0 Å². The molecule has 1 rings (SSSR count). The lowest BCUT2D eigenvalue weighted by Crippen LogP contribution is -2.47. The molecule has 0 radical (unpaired) electrons. The minimum absolute atomic E-state index is 0.282. The average molecular weight is 215 g/mol. The summed E-state index contributed by atoms with van der Waals surface area (Å²) in [6.07, 6.45) is 3.86. The van der Waals surface area contributed by atoms with Crippen LogP contribution in [0, 0.1) is 0 Å². The van der Waals surface area contributed by atoms with Gasteiger partial charge >= 0.3 is 0 Å². The summed E-state index contributed by atoms with van der Waals surface area (Å²) in [6, 6.07) is 0.282. The van der Waals surface area contributed by atoms with Crippen LogP contribution in [-0.4, -0.2) is 20.5 Å². The quantitative estimate of drug-likeness (QED) is 0.719. The molecule has 2 nitrogen and oxygen atoms in total. The number of nitrogens with two attached hydrogens (primary N) is 1. The normalized spacial score (nSPS) is 29.6. The van der Waals surface area contributed by atoms with Crippen molar-refractivity contribution in [3.8, 4) is 0 Å². The summed E-state index contributed by atoms with van der Waals surface area (Å²) >= 11 is 0. The smallest absolute Gasteiger partial charge is 0.192 e. The zero-order chi connectivity index (χ0) is 11.0. The molecule has 0 spiro atoms. The fourth-order valence-electron chi connectivity index (χ4n) is 1.66. The Morgan fingerprint density at radius 3 is 2.14 bits per heavy atom. The van der Waals surface area contributed by atoms with Gasteiger partial charge in [-0.1, -0.05) is 20.8 Å². The van der Waals surface area contributed by atoms with E-state index in [9.17, 15) is 0 Å². The van der Waals surface area contributed by atoms with E-state index < -0.39 is 8.32 Å². The Bertz CT molecular complexity index is 198. The highest BCUT2D eigenvalue weighted by Crippen LogP contribution is 2.39. The van der Waals surface area contributed by atoms with E-state index in [-0.39, 0.29) is 6.04 Å². The number of rotatable bonds is 2. The van der Waals surface area contributed by atoms with E-state index in [1.165, 1.54) is 6.42 Å². The molecule has 0 aromatic carbocycles. The van der Waals surface area contributed by atoms with Gasteiger partial charge in [-0.2, -0.15) is 0 Å². The lowest BCUT2D eigenvalue weighted by Gasteiger charge is -2.39. The zero-order valence-electron chi connectivity index (χ0n) is 10.3. The molecule has 0 saturated heterocycles. The third kappa shape index (κ3) is 2.58. The second kappa shape index (κ2) is 3.95. The SMILES string of the molecule is CC(C)(C)[Si](C)(C)O[C@@H]1CCC[C@H]1N. The standard InChI is InChI=1S/C11H25NOSi/c1-11(2,3)14(4,5)13-10-8-6-7-9(10)12/h9-10H,6-8,12H2,1-5H3/t9-,10-/m1/s1. The van der Waals surface area contributed by atoms with Gasteiger partial charge in [0.05, 0.1) is 6.10 Å². The lowest BCUT2D eigenvalue weighted by atomic mass is 10.2. The van der Waals surface area contributed by atoms with E-state index in [2.05, 4.69) is 33.9 Å². The summed E-state index contributed by atoms with van der Waals surface area (Å²) in [5, 5.41) is 0.301. The van der Waals surface area contributed by atoms with Gasteiger partial charge in [-0.15, -0.1) is 0 Å². The van der Waals surface area contributed by atoms with Crippen molar-refractivity contribution in [2.45, 2.75) is 70.3 Å². The molecule has 14 heavy (non-hydrogen) atoms. The molecule has 0 unspecified atom stereocenters. The van der Waals surface area contributed by atoms with Crippen molar-refractivity contribution >= 4 is 8.32 Å². The van der Waals surface area contributed by atoms with Gasteiger partial charge in [-0.05, 0) is 37.4 Å². The van der Waals surface area contributed by atoms with Crippen LogP contribution in [-0.2, 0) is 4.43 Å². The lowest BCUT2D eigenvalue weighted by molar-refractivity contribution is 0.171. The third-order valence-electron chi connectivity index (χ3n) is 3.76. The Morgan fingerprint density at radius 1 is 1.21 bits per heavy atom. The second-order valence-corrected chi connectivity index (χ2v) is 10.8. The molecular formula is C11H25NOSi. The highest BCUT2D eigenvalue weighted by atomic mass is 28.4. The Kier molecular flexibility index (Phi) is 3.44. The molecule has 3 heteroatoms. The van der Waals surface area contributed by atoms with Gasteiger partial charge in [-0.3, -0.25) is 0 Å². The monoisotopic (exact) mass is 215 g/mol. The summed E-state index contributed by atoms with van der Waals surface area (Å²) in [5.74, 6) is 0. The van der Waals surface area contributed by atoms with E-state index >= 15 is 0 Å². The van der Waals surface area contributed by atoms with Crippen molar-refractivity contribution in [1.29, 1.82) is 0 Å². The molecule has 2 N–H and O–H groups in total. The number of hydrogen-bond donors (Lipinski definition) is 1. The number of hydrogen-bond acceptors (Lipinski definition) is 2. The van der Waals surface area contributed by atoms with Gasteiger partial charge in [0.25, 0.3) is 0 Å². The Labute approximate surface area is 89.3 Å². The molecule has 0 amide bonds. The second-order valence-electron chi connectivity index (χ2n) is 6.01. The highest BCUT2D eigenvalue weighted by Gasteiger charge is 2.41. The fourth-order valence-corrected chi connectivity index (χ4v) is 3.06. The van der Waals surface area contributed by atoms with Gasteiger partial charge in [-0.25, -0.2) is 0 Å². The Balaban J connectivity index is 2.58. The van der Waals surface area contributed by atoms with Crippen molar-refractivity contribution in [1.82, 2.24) is 0 Å². The van der Waals surface area contributed by atoms with Crippen LogP contribution in [0.1, 0.15) is 40.0 Å². The summed E-state index contributed by atoms with van der Waals surface area (Å²) < 4.78 is 6.29. The van der Waals surface area contributed by atoms with Crippen LogP contribution in [0.5, 0.6) is 0 Å². The maximum atomic E-state index is 6.29. The summed E-state index contributed by atoms with van der Waals surface area (Å²) in [7, 11) is -1.59. The van der Waals surface area contributed by atoms with Gasteiger partial charge in [0.2, 0.25) is 0 Å². The van der Waals surface area contributed by atoms with Crippen LogP contribution >= 0.6 is 0 Å². The summed E-state index contributed by atoms with van der Waals surface area (Å²) in [5.41, 5.74) is 6.03. The maximum Gasteiger partial charge on any atom is 0.192 e. The summed E-state index contributed by atoms with van der Waals surface area (Å²) in [6.45, 7) is 11.4. The van der Waals surface area contributed by atoms with E-state index in [0.717, 1.165) is 12.8 Å². The van der Waals surface area contributed by atoms with Gasteiger partial charge < -0.3 is 10.2 Å². The fraction of sp³-hybridized carbons (Fsp3) is 1.00. The van der Waals surface area contributed by atoms with Gasteiger partial charge in [0.15, 0.2) is 8.32 Å². The van der Waals surface area contributed by atoms with E-state index in [0.29, 0.717) is 11.1 Å². The zero-order valence-corrected chi connectivity index (χ0v) is 11.3. The molecule has 1 fully saturated rings. The first-order valence-corrected chi connectivity index (χ1v) is 8.58. The van der Waals surface area contributed by atoms with Crippen LogP contribution in [0.25, 0.3) is 0 Å². The first-order chi connectivity index (χ1) is 6.24. The molecule has 2 atom stereocenters. The molecule has 1 aliphatic carbocycles. The van der Waals surface area contributed by atoms with Crippen molar-refractivity contribution in [2.24, 2.45) is 5.73 Å². The molecule has 0 heterocycles. The predicted molar refractivity (Wildman–Crippen MR) is 63.9 cm³/mol. The van der Waals surface area contributed by atoms with Crippen LogP contribution in [0.3, 0.4) is 0 Å². The maximum absolute atomic E-state index is 6.29. The molecule has 1 saturated carbocycles. The molecular weight excluding hydrogens is 190 g/mol. The van der Waals surface area contributed by atoms with E-state index in [1.54, 1.807) is 0 Å². The molecule has 0 aliphatic heterocycles. The Hall–Kier alpha value is 0.137. The largest absolute Gasteiger partial charge is 0.412 e. The van der Waals surface area contributed by atoms with Crippen LogP contribution in [0.4, 0.5) is 0 Å². The first kappa shape index (κ1) is 12.2. The van der Waals surface area contributed by atoms with Crippen molar-refractivity contribution in [3.05, 3.63) is 0 Å². The van der Waals surface area contributed by atoms with Crippen LogP contribution in [0.15, 0.2) is 0 Å².